The molecule has 0 aliphatic carbocycles. The van der Waals surface area contributed by atoms with Crippen LogP contribution in [0.25, 0.3) is 0 Å². The van der Waals surface area contributed by atoms with Crippen LogP contribution in [0.4, 0.5) is 0 Å². The van der Waals surface area contributed by atoms with Gasteiger partial charge in [-0.05, 0) is 19.4 Å². The standard InChI is InChI=1S/C11H21N3/c1-11(2,3)9-8-13-10(14-9)6-4-5-7-12/h8H,4-7,12H2,1-3H3,(H,13,14). The number of unbranched alkanes of at least 4 members (excludes halogenated alkanes) is 1. The lowest BCUT2D eigenvalue weighted by molar-refractivity contribution is 0.570. The Hall–Kier alpha value is -0.830. The zero-order valence-electron chi connectivity index (χ0n) is 9.43. The molecule has 0 spiro atoms. The molecule has 0 saturated heterocycles. The number of hydrogen-bond donors (Lipinski definition) is 2. The molecule has 0 bridgehead atoms. The van der Waals surface area contributed by atoms with E-state index < -0.39 is 0 Å². The number of nitrogens with two attached hydrogens (primary N) is 1. The first kappa shape index (κ1) is 11.2. The van der Waals surface area contributed by atoms with E-state index in [-0.39, 0.29) is 5.41 Å². The topological polar surface area (TPSA) is 54.7 Å². The van der Waals surface area contributed by atoms with Crippen LogP contribution in [0, 0.1) is 0 Å². The number of aryl methyl sites for hydroxylation is 1. The van der Waals surface area contributed by atoms with Gasteiger partial charge in [0.05, 0.1) is 0 Å². The van der Waals surface area contributed by atoms with Gasteiger partial charge in [0, 0.05) is 23.7 Å². The van der Waals surface area contributed by atoms with Gasteiger partial charge in [0.1, 0.15) is 5.82 Å². The Kier molecular flexibility index (Phi) is 3.69. The maximum atomic E-state index is 5.44. The van der Waals surface area contributed by atoms with Crippen LogP contribution in [0.3, 0.4) is 0 Å². The monoisotopic (exact) mass is 195 g/mol. The maximum absolute atomic E-state index is 5.44. The van der Waals surface area contributed by atoms with Crippen LogP contribution in [0.5, 0.6) is 0 Å². The second-order valence-electron chi connectivity index (χ2n) is 4.74. The molecule has 0 fully saturated rings. The van der Waals surface area contributed by atoms with Crippen molar-refractivity contribution >= 4 is 0 Å². The molecule has 1 heterocycles. The molecule has 0 unspecified atom stereocenters. The van der Waals surface area contributed by atoms with Gasteiger partial charge in [-0.3, -0.25) is 0 Å². The van der Waals surface area contributed by atoms with E-state index >= 15 is 0 Å². The molecule has 3 N–H and O–H groups in total. The molecule has 0 aliphatic heterocycles. The molecule has 0 atom stereocenters. The van der Waals surface area contributed by atoms with Crippen molar-refractivity contribution in [1.29, 1.82) is 0 Å². The molecule has 3 nitrogen and oxygen atoms in total. The van der Waals surface area contributed by atoms with Crippen molar-refractivity contribution in [3.63, 3.8) is 0 Å². The Morgan fingerprint density at radius 2 is 2.07 bits per heavy atom. The molecule has 0 amide bonds. The molecule has 0 aliphatic rings. The van der Waals surface area contributed by atoms with Gasteiger partial charge in [0.15, 0.2) is 0 Å². The minimum atomic E-state index is 0.166. The number of aromatic amines is 1. The zero-order chi connectivity index (χ0) is 10.6. The van der Waals surface area contributed by atoms with Gasteiger partial charge in [-0.1, -0.05) is 20.8 Å². The summed E-state index contributed by atoms with van der Waals surface area (Å²) in [5.41, 5.74) is 6.81. The highest BCUT2D eigenvalue weighted by Gasteiger charge is 2.15. The fraction of sp³-hybridized carbons (Fsp3) is 0.727. The predicted octanol–water partition coefficient (Wildman–Crippen LogP) is 1.99. The van der Waals surface area contributed by atoms with Crippen molar-refractivity contribution in [2.24, 2.45) is 5.73 Å². The Morgan fingerprint density at radius 3 is 2.57 bits per heavy atom. The van der Waals surface area contributed by atoms with E-state index in [1.165, 1.54) is 5.69 Å². The van der Waals surface area contributed by atoms with Crippen molar-refractivity contribution in [2.75, 3.05) is 6.54 Å². The summed E-state index contributed by atoms with van der Waals surface area (Å²) in [6, 6.07) is 0. The normalized spacial score (nSPS) is 12.0. The van der Waals surface area contributed by atoms with Crippen LogP contribution >= 0.6 is 0 Å². The predicted molar refractivity (Wildman–Crippen MR) is 59.3 cm³/mol. The van der Waals surface area contributed by atoms with E-state index in [2.05, 4.69) is 30.7 Å². The van der Waals surface area contributed by atoms with Crippen molar-refractivity contribution in [3.8, 4) is 0 Å². The van der Waals surface area contributed by atoms with Crippen LogP contribution in [0.15, 0.2) is 6.20 Å². The quantitative estimate of drug-likeness (QED) is 0.722. The van der Waals surface area contributed by atoms with E-state index in [1.54, 1.807) is 0 Å². The zero-order valence-corrected chi connectivity index (χ0v) is 9.43. The number of H-pyrrole nitrogens is 1. The van der Waals surface area contributed by atoms with Gasteiger partial charge < -0.3 is 10.7 Å². The summed E-state index contributed by atoms with van der Waals surface area (Å²) < 4.78 is 0. The number of aromatic nitrogens is 2. The van der Waals surface area contributed by atoms with Crippen molar-refractivity contribution in [2.45, 2.75) is 45.4 Å². The third-order valence-corrected chi connectivity index (χ3v) is 2.30. The third kappa shape index (κ3) is 3.14. The number of nitrogens with zero attached hydrogens (tertiary/aromatic N) is 1. The molecular weight excluding hydrogens is 174 g/mol. The SMILES string of the molecule is CC(C)(C)c1cnc(CCCCN)[nH]1. The van der Waals surface area contributed by atoms with Gasteiger partial charge in [-0.15, -0.1) is 0 Å². The summed E-state index contributed by atoms with van der Waals surface area (Å²) in [6.45, 7) is 7.32. The number of hydrogen-bond acceptors (Lipinski definition) is 2. The molecule has 1 aromatic rings. The van der Waals surface area contributed by atoms with Crippen molar-refractivity contribution in [1.82, 2.24) is 9.97 Å². The van der Waals surface area contributed by atoms with Gasteiger partial charge in [0.2, 0.25) is 0 Å². The summed E-state index contributed by atoms with van der Waals surface area (Å²) in [5, 5.41) is 0. The first-order valence-electron chi connectivity index (χ1n) is 5.28. The number of imidazole rings is 1. The molecule has 0 aromatic carbocycles. The van der Waals surface area contributed by atoms with E-state index in [0.29, 0.717) is 0 Å². The van der Waals surface area contributed by atoms with E-state index in [1.807, 2.05) is 6.20 Å². The second-order valence-corrected chi connectivity index (χ2v) is 4.74. The molecule has 1 aromatic heterocycles. The summed E-state index contributed by atoms with van der Waals surface area (Å²) in [4.78, 5) is 7.72. The molecule has 14 heavy (non-hydrogen) atoms. The lowest BCUT2D eigenvalue weighted by Crippen LogP contribution is -2.11. The summed E-state index contributed by atoms with van der Waals surface area (Å²) >= 11 is 0. The minimum Gasteiger partial charge on any atom is -0.345 e. The molecular formula is C11H21N3. The van der Waals surface area contributed by atoms with Gasteiger partial charge in [0.25, 0.3) is 0 Å². The summed E-state index contributed by atoms with van der Waals surface area (Å²) in [6.07, 6.45) is 5.14. The fourth-order valence-electron chi connectivity index (χ4n) is 1.31. The third-order valence-electron chi connectivity index (χ3n) is 2.30. The van der Waals surface area contributed by atoms with E-state index in [4.69, 9.17) is 5.73 Å². The van der Waals surface area contributed by atoms with Crippen LogP contribution in [-0.4, -0.2) is 16.5 Å². The highest BCUT2D eigenvalue weighted by Crippen LogP contribution is 2.19. The molecule has 0 radical (unpaired) electrons. The Balaban J connectivity index is 2.51. The van der Waals surface area contributed by atoms with Crippen molar-refractivity contribution < 1.29 is 0 Å². The average Bonchev–Trinajstić information content (AvgIpc) is 2.52. The lowest BCUT2D eigenvalue weighted by atomic mass is 9.93. The first-order chi connectivity index (χ1) is 6.54. The van der Waals surface area contributed by atoms with Crippen LogP contribution in [0.1, 0.15) is 45.1 Å². The fourth-order valence-corrected chi connectivity index (χ4v) is 1.31. The Morgan fingerprint density at radius 1 is 1.36 bits per heavy atom. The van der Waals surface area contributed by atoms with Gasteiger partial charge >= 0.3 is 0 Å². The summed E-state index contributed by atoms with van der Waals surface area (Å²) in [5.74, 6) is 1.09. The van der Waals surface area contributed by atoms with Crippen LogP contribution < -0.4 is 5.73 Å². The average molecular weight is 195 g/mol. The molecule has 1 rings (SSSR count). The number of nitrogens with one attached hydrogen (secondary N) is 1. The smallest absolute Gasteiger partial charge is 0.106 e. The summed E-state index contributed by atoms with van der Waals surface area (Å²) in [7, 11) is 0. The number of rotatable bonds is 4. The lowest BCUT2D eigenvalue weighted by Gasteiger charge is -2.15. The Labute approximate surface area is 86.1 Å². The Bertz CT molecular complexity index is 270. The highest BCUT2D eigenvalue weighted by atomic mass is 14.9. The van der Waals surface area contributed by atoms with E-state index in [0.717, 1.165) is 31.6 Å². The molecule has 3 heteroatoms. The first-order valence-corrected chi connectivity index (χ1v) is 5.28. The van der Waals surface area contributed by atoms with Crippen LogP contribution in [-0.2, 0) is 11.8 Å². The minimum absolute atomic E-state index is 0.166. The molecule has 0 saturated carbocycles. The molecule has 80 valence electrons. The van der Waals surface area contributed by atoms with E-state index in [9.17, 15) is 0 Å². The maximum Gasteiger partial charge on any atom is 0.106 e. The highest BCUT2D eigenvalue weighted by molar-refractivity contribution is 5.11. The van der Waals surface area contributed by atoms with Gasteiger partial charge in [-0.2, -0.15) is 0 Å². The van der Waals surface area contributed by atoms with Crippen LogP contribution in [0.2, 0.25) is 0 Å². The van der Waals surface area contributed by atoms with Gasteiger partial charge in [-0.25, -0.2) is 4.98 Å². The van der Waals surface area contributed by atoms with Crippen molar-refractivity contribution in [3.05, 3.63) is 17.7 Å². The largest absolute Gasteiger partial charge is 0.345 e. The second kappa shape index (κ2) is 4.60.